The zero-order valence-corrected chi connectivity index (χ0v) is 18.4. The lowest BCUT2D eigenvalue weighted by molar-refractivity contribution is -0.120. The van der Waals surface area contributed by atoms with E-state index in [0.717, 1.165) is 33.4 Å². The molecule has 0 bridgehead atoms. The molecule has 0 aliphatic heterocycles. The van der Waals surface area contributed by atoms with Crippen LogP contribution in [0.5, 0.6) is 17.2 Å². The minimum atomic E-state index is -0.359. The van der Waals surface area contributed by atoms with Crippen LogP contribution < -0.4 is 14.8 Å². The molecular formula is C25H23FN2O5. The molecule has 2 aromatic carbocycles. The normalized spacial score (nSPS) is 13.9. The lowest BCUT2D eigenvalue weighted by Gasteiger charge is -2.11. The van der Waals surface area contributed by atoms with Crippen LogP contribution in [-0.2, 0) is 11.2 Å². The van der Waals surface area contributed by atoms with E-state index >= 15 is 0 Å². The van der Waals surface area contributed by atoms with E-state index < -0.39 is 0 Å². The van der Waals surface area contributed by atoms with E-state index in [-0.39, 0.29) is 41.9 Å². The summed E-state index contributed by atoms with van der Waals surface area (Å²) >= 11 is 0. The molecule has 1 aromatic heterocycles. The first-order chi connectivity index (χ1) is 15.9. The van der Waals surface area contributed by atoms with Gasteiger partial charge in [-0.15, -0.1) is 0 Å². The molecule has 0 spiro atoms. The number of hydrogen-bond acceptors (Lipinski definition) is 6. The molecule has 1 heterocycles. The summed E-state index contributed by atoms with van der Waals surface area (Å²) in [5.41, 5.74) is 5.44. The Labute approximate surface area is 190 Å². The highest BCUT2D eigenvalue weighted by molar-refractivity contribution is 6.06. The van der Waals surface area contributed by atoms with Gasteiger partial charge in [-0.25, -0.2) is 4.39 Å². The second kappa shape index (κ2) is 9.20. The number of nitrogens with one attached hydrogen (secondary N) is 1. The molecule has 8 heteroatoms. The summed E-state index contributed by atoms with van der Waals surface area (Å²) in [6.07, 6.45) is 3.42. The molecule has 0 radical (unpaired) electrons. The molecule has 1 aliphatic carbocycles. The van der Waals surface area contributed by atoms with Crippen molar-refractivity contribution in [3.8, 4) is 17.2 Å². The summed E-state index contributed by atoms with van der Waals surface area (Å²) in [7, 11) is 2.92. The van der Waals surface area contributed by atoms with Gasteiger partial charge in [0.1, 0.15) is 12.1 Å². The summed E-state index contributed by atoms with van der Waals surface area (Å²) < 4.78 is 29.4. The first-order valence-corrected chi connectivity index (χ1v) is 10.2. The number of ether oxygens (including phenoxy) is 2. The number of fused-ring (bicyclic) bond motifs is 1. The van der Waals surface area contributed by atoms with Crippen LogP contribution in [0.3, 0.4) is 0 Å². The highest BCUT2D eigenvalue weighted by atomic mass is 19.1. The van der Waals surface area contributed by atoms with Crippen molar-refractivity contribution in [1.29, 1.82) is 0 Å². The third kappa shape index (κ3) is 4.45. The average molecular weight is 450 g/mol. The summed E-state index contributed by atoms with van der Waals surface area (Å²) in [5, 5.41) is 16.8. The third-order valence-corrected chi connectivity index (χ3v) is 5.56. The van der Waals surface area contributed by atoms with Crippen molar-refractivity contribution in [1.82, 2.24) is 10.5 Å². The van der Waals surface area contributed by atoms with E-state index in [1.165, 1.54) is 32.6 Å². The van der Waals surface area contributed by atoms with Gasteiger partial charge in [-0.1, -0.05) is 11.2 Å². The van der Waals surface area contributed by atoms with Gasteiger partial charge in [0.05, 0.1) is 26.3 Å². The Bertz CT molecular complexity index is 1240. The lowest BCUT2D eigenvalue weighted by atomic mass is 10.00. The van der Waals surface area contributed by atoms with Crippen LogP contribution in [0.15, 0.2) is 52.8 Å². The fourth-order valence-electron chi connectivity index (χ4n) is 3.89. The standard InChI is InChI=1S/C25H23FN2O5/c1-14-19(8-15-9-22(31-2)25(30)23(10-15)32-3)18-5-4-16(26)11-20(18)21(14)13-27-24(29)12-17-6-7-33-28-17/h4-11,30H,12-13H2,1-3H3,(H,27,29)/b19-8-. The Hall–Kier alpha value is -4.07. The number of aromatic nitrogens is 1. The minimum absolute atomic E-state index is 0.0844. The van der Waals surface area contributed by atoms with Crippen LogP contribution in [0.2, 0.25) is 0 Å². The molecule has 1 aliphatic rings. The van der Waals surface area contributed by atoms with Gasteiger partial charge in [-0.2, -0.15) is 0 Å². The van der Waals surface area contributed by atoms with Crippen molar-refractivity contribution in [2.45, 2.75) is 13.3 Å². The molecule has 0 fully saturated rings. The molecular weight excluding hydrogens is 427 g/mol. The van der Waals surface area contributed by atoms with Gasteiger partial charge in [-0.05, 0) is 70.7 Å². The second-order valence-corrected chi connectivity index (χ2v) is 7.57. The topological polar surface area (TPSA) is 93.8 Å². The fourth-order valence-corrected chi connectivity index (χ4v) is 3.89. The van der Waals surface area contributed by atoms with E-state index in [1.54, 1.807) is 24.3 Å². The Morgan fingerprint density at radius 3 is 2.52 bits per heavy atom. The first kappa shape index (κ1) is 22.1. The van der Waals surface area contributed by atoms with Gasteiger partial charge in [0, 0.05) is 12.6 Å². The number of hydrogen-bond donors (Lipinski definition) is 2. The van der Waals surface area contributed by atoms with E-state index in [4.69, 9.17) is 14.0 Å². The molecule has 7 nitrogen and oxygen atoms in total. The van der Waals surface area contributed by atoms with Crippen LogP contribution in [-0.4, -0.2) is 36.9 Å². The van der Waals surface area contributed by atoms with Crippen molar-refractivity contribution in [2.24, 2.45) is 0 Å². The van der Waals surface area contributed by atoms with Crippen molar-refractivity contribution >= 4 is 23.1 Å². The molecule has 0 saturated heterocycles. The quantitative estimate of drug-likeness (QED) is 0.560. The Morgan fingerprint density at radius 2 is 1.88 bits per heavy atom. The zero-order valence-electron chi connectivity index (χ0n) is 18.4. The zero-order chi connectivity index (χ0) is 23.5. The van der Waals surface area contributed by atoms with Crippen LogP contribution >= 0.6 is 0 Å². The number of methoxy groups -OCH3 is 2. The highest BCUT2D eigenvalue weighted by Gasteiger charge is 2.25. The number of carbonyl (C=O) groups excluding carboxylic acids is 1. The summed E-state index contributed by atoms with van der Waals surface area (Å²) in [6.45, 7) is 2.16. The van der Waals surface area contributed by atoms with Crippen molar-refractivity contribution in [2.75, 3.05) is 20.8 Å². The number of aromatic hydroxyl groups is 1. The largest absolute Gasteiger partial charge is 0.502 e. The van der Waals surface area contributed by atoms with E-state index in [2.05, 4.69) is 10.5 Å². The molecule has 3 aromatic rings. The second-order valence-electron chi connectivity index (χ2n) is 7.57. The molecule has 2 N–H and O–H groups in total. The van der Waals surface area contributed by atoms with E-state index in [0.29, 0.717) is 5.69 Å². The number of allylic oxidation sites excluding steroid dienone is 2. The molecule has 170 valence electrons. The van der Waals surface area contributed by atoms with E-state index in [1.807, 2.05) is 13.0 Å². The van der Waals surface area contributed by atoms with Crippen molar-refractivity contribution in [3.63, 3.8) is 0 Å². The SMILES string of the molecule is COc1cc(/C=C2/C(C)=C(CNC(=O)Cc3ccon3)c3cc(F)ccc32)cc(OC)c1O. The maximum atomic E-state index is 14.1. The maximum absolute atomic E-state index is 14.1. The van der Waals surface area contributed by atoms with E-state index in [9.17, 15) is 14.3 Å². The van der Waals surface area contributed by atoms with Crippen LogP contribution in [0.25, 0.3) is 17.2 Å². The molecule has 0 saturated carbocycles. The van der Waals surface area contributed by atoms with Gasteiger partial charge in [0.2, 0.25) is 11.7 Å². The van der Waals surface area contributed by atoms with Gasteiger partial charge in [0.15, 0.2) is 11.5 Å². The summed E-state index contributed by atoms with van der Waals surface area (Å²) in [4.78, 5) is 12.3. The number of nitrogens with zero attached hydrogens (tertiary/aromatic N) is 1. The lowest BCUT2D eigenvalue weighted by Crippen LogP contribution is -2.27. The Kier molecular flexibility index (Phi) is 6.17. The minimum Gasteiger partial charge on any atom is -0.502 e. The molecule has 33 heavy (non-hydrogen) atoms. The van der Waals surface area contributed by atoms with Crippen molar-refractivity contribution in [3.05, 3.63) is 76.4 Å². The number of phenols is 1. The first-order valence-electron chi connectivity index (χ1n) is 10.2. The van der Waals surface area contributed by atoms with Gasteiger partial charge in [0.25, 0.3) is 0 Å². The van der Waals surface area contributed by atoms with Crippen LogP contribution in [0.4, 0.5) is 4.39 Å². The van der Waals surface area contributed by atoms with Gasteiger partial charge >= 0.3 is 0 Å². The monoisotopic (exact) mass is 450 g/mol. The molecule has 1 amide bonds. The Balaban J connectivity index is 1.69. The number of phenolic OH excluding ortho intramolecular Hbond substituents is 1. The number of amides is 1. The van der Waals surface area contributed by atoms with Crippen molar-refractivity contribution < 1.29 is 28.3 Å². The number of halogens is 1. The third-order valence-electron chi connectivity index (χ3n) is 5.56. The molecule has 0 atom stereocenters. The van der Waals surface area contributed by atoms with Gasteiger partial charge in [-0.3, -0.25) is 4.79 Å². The summed E-state index contributed by atoms with van der Waals surface area (Å²) in [6, 6.07) is 9.61. The number of carbonyl (C=O) groups is 1. The Morgan fingerprint density at radius 1 is 1.15 bits per heavy atom. The van der Waals surface area contributed by atoms with Gasteiger partial charge < -0.3 is 24.4 Å². The highest BCUT2D eigenvalue weighted by Crippen LogP contribution is 2.44. The predicted octanol–water partition coefficient (Wildman–Crippen LogP) is 4.22. The maximum Gasteiger partial charge on any atom is 0.226 e. The predicted molar refractivity (Wildman–Crippen MR) is 121 cm³/mol. The summed E-state index contributed by atoms with van der Waals surface area (Å²) in [5.74, 6) is -0.102. The molecule has 4 rings (SSSR count). The smallest absolute Gasteiger partial charge is 0.226 e. The average Bonchev–Trinajstić information content (AvgIpc) is 3.39. The van der Waals surface area contributed by atoms with Crippen LogP contribution in [0.1, 0.15) is 29.3 Å². The fraction of sp³-hybridized carbons (Fsp3) is 0.200. The number of rotatable bonds is 7. The molecule has 0 unspecified atom stereocenters. The van der Waals surface area contributed by atoms with Crippen LogP contribution in [0, 0.1) is 5.82 Å². The number of benzene rings is 2.